The lowest BCUT2D eigenvalue weighted by Gasteiger charge is -2.25. The molecule has 2 N–H and O–H groups in total. The Hall–Kier alpha value is -1.84. The number of nitrogens with one attached hydrogen (secondary N) is 2. The molecule has 3 rings (SSSR count). The monoisotopic (exact) mass is 421 g/mol. The average Bonchev–Trinajstić information content (AvgIpc) is 3.09. The fourth-order valence-electron chi connectivity index (χ4n) is 4.29. The molecule has 0 aromatic heterocycles. The van der Waals surface area contributed by atoms with Crippen molar-refractivity contribution in [2.24, 2.45) is 10.8 Å². The molecule has 170 valence electrons. The van der Waals surface area contributed by atoms with Gasteiger partial charge < -0.3 is 15.5 Å². The highest BCUT2D eigenvalue weighted by molar-refractivity contribution is 5.79. The van der Waals surface area contributed by atoms with Crippen molar-refractivity contribution in [2.45, 2.75) is 66.5 Å². The summed E-state index contributed by atoms with van der Waals surface area (Å²) in [6, 6.07) is 20.6. The van der Waals surface area contributed by atoms with E-state index < -0.39 is 0 Å². The van der Waals surface area contributed by atoms with E-state index in [0.717, 1.165) is 26.2 Å². The van der Waals surface area contributed by atoms with Crippen LogP contribution in [0.15, 0.2) is 54.6 Å². The predicted molar refractivity (Wildman–Crippen MR) is 136 cm³/mol. The Balaban J connectivity index is 1.74. The molecule has 0 amide bonds. The van der Waals surface area contributed by atoms with E-state index in [-0.39, 0.29) is 0 Å². The van der Waals surface area contributed by atoms with Crippen LogP contribution in [0.3, 0.4) is 0 Å². The smallest absolute Gasteiger partial charge is 0.0447 e. The molecule has 31 heavy (non-hydrogen) atoms. The van der Waals surface area contributed by atoms with E-state index in [1.807, 2.05) is 0 Å². The van der Waals surface area contributed by atoms with E-state index in [0.29, 0.717) is 22.9 Å². The number of para-hydroxylation sites is 1. The molecule has 3 nitrogen and oxygen atoms in total. The minimum Gasteiger partial charge on any atom is -0.368 e. The summed E-state index contributed by atoms with van der Waals surface area (Å²) in [7, 11) is 0. The zero-order valence-electron chi connectivity index (χ0n) is 20.5. The van der Waals surface area contributed by atoms with E-state index in [1.165, 1.54) is 29.7 Å². The van der Waals surface area contributed by atoms with E-state index in [9.17, 15) is 0 Å². The number of anilines is 1. The van der Waals surface area contributed by atoms with Crippen molar-refractivity contribution in [1.82, 2.24) is 10.6 Å². The third-order valence-corrected chi connectivity index (χ3v) is 6.21. The topological polar surface area (TPSA) is 27.3 Å². The SMILES string of the molecule is CC(C)(C)CCN[C@@H]1CN(c2ccccc2-c2ccccc2)C[C@H]1NCCC(C)(C)C. The Morgan fingerprint density at radius 1 is 0.710 bits per heavy atom. The maximum absolute atomic E-state index is 3.89. The van der Waals surface area contributed by atoms with Gasteiger partial charge in [-0.15, -0.1) is 0 Å². The summed E-state index contributed by atoms with van der Waals surface area (Å²) >= 11 is 0. The van der Waals surface area contributed by atoms with Gasteiger partial charge in [-0.3, -0.25) is 0 Å². The van der Waals surface area contributed by atoms with Crippen molar-refractivity contribution in [2.75, 3.05) is 31.1 Å². The van der Waals surface area contributed by atoms with Crippen LogP contribution < -0.4 is 15.5 Å². The highest BCUT2D eigenvalue weighted by Gasteiger charge is 2.33. The molecule has 1 aliphatic rings. The zero-order chi connectivity index (χ0) is 22.5. The number of rotatable bonds is 8. The average molecular weight is 422 g/mol. The zero-order valence-corrected chi connectivity index (χ0v) is 20.5. The van der Waals surface area contributed by atoms with Crippen LogP contribution in [0, 0.1) is 10.8 Å². The lowest BCUT2D eigenvalue weighted by atomic mass is 9.92. The van der Waals surface area contributed by atoms with Gasteiger partial charge in [-0.1, -0.05) is 90.1 Å². The molecular formula is C28H43N3. The van der Waals surface area contributed by atoms with Gasteiger partial charge in [0.1, 0.15) is 0 Å². The van der Waals surface area contributed by atoms with E-state index >= 15 is 0 Å². The molecule has 0 unspecified atom stereocenters. The maximum atomic E-state index is 3.89. The summed E-state index contributed by atoms with van der Waals surface area (Å²) in [5.41, 5.74) is 4.68. The van der Waals surface area contributed by atoms with Crippen LogP contribution in [-0.2, 0) is 0 Å². The molecule has 3 heteroatoms. The van der Waals surface area contributed by atoms with E-state index in [1.54, 1.807) is 0 Å². The molecule has 0 spiro atoms. The first-order valence-electron chi connectivity index (χ1n) is 12.0. The van der Waals surface area contributed by atoms with Crippen LogP contribution in [0.5, 0.6) is 0 Å². The predicted octanol–water partition coefficient (Wildman–Crippen LogP) is 5.96. The van der Waals surface area contributed by atoms with Crippen molar-refractivity contribution in [3.05, 3.63) is 54.6 Å². The van der Waals surface area contributed by atoms with Crippen LogP contribution in [-0.4, -0.2) is 38.3 Å². The van der Waals surface area contributed by atoms with Crippen molar-refractivity contribution >= 4 is 5.69 Å². The number of nitrogens with zero attached hydrogens (tertiary/aromatic N) is 1. The van der Waals surface area contributed by atoms with Gasteiger partial charge in [-0.25, -0.2) is 0 Å². The number of hydrogen-bond acceptors (Lipinski definition) is 3. The van der Waals surface area contributed by atoms with E-state index in [4.69, 9.17) is 0 Å². The lowest BCUT2D eigenvalue weighted by Crippen LogP contribution is -2.48. The fraction of sp³-hybridized carbons (Fsp3) is 0.571. The van der Waals surface area contributed by atoms with Gasteiger partial charge >= 0.3 is 0 Å². The molecule has 0 radical (unpaired) electrons. The largest absolute Gasteiger partial charge is 0.368 e. The van der Waals surface area contributed by atoms with Crippen molar-refractivity contribution < 1.29 is 0 Å². The summed E-state index contributed by atoms with van der Waals surface area (Å²) < 4.78 is 0. The second-order valence-corrected chi connectivity index (χ2v) is 11.5. The van der Waals surface area contributed by atoms with Gasteiger partial charge in [0.15, 0.2) is 0 Å². The molecule has 1 saturated heterocycles. The second kappa shape index (κ2) is 10.2. The first kappa shape index (κ1) is 23.8. The summed E-state index contributed by atoms with van der Waals surface area (Å²) in [4.78, 5) is 2.58. The summed E-state index contributed by atoms with van der Waals surface area (Å²) in [5.74, 6) is 0. The molecule has 2 aromatic rings. The molecule has 2 atom stereocenters. The molecule has 0 bridgehead atoms. The number of hydrogen-bond donors (Lipinski definition) is 2. The van der Waals surface area contributed by atoms with Crippen LogP contribution in [0.1, 0.15) is 54.4 Å². The Kier molecular flexibility index (Phi) is 7.82. The summed E-state index contributed by atoms with van der Waals surface area (Å²) in [6.45, 7) is 18.2. The quantitative estimate of drug-likeness (QED) is 0.550. The Labute approximate surface area is 190 Å². The van der Waals surface area contributed by atoms with Gasteiger partial charge in [0.25, 0.3) is 0 Å². The van der Waals surface area contributed by atoms with Gasteiger partial charge in [-0.2, -0.15) is 0 Å². The highest BCUT2D eigenvalue weighted by atomic mass is 15.2. The fourth-order valence-corrected chi connectivity index (χ4v) is 4.29. The van der Waals surface area contributed by atoms with Gasteiger partial charge in [0.05, 0.1) is 0 Å². The van der Waals surface area contributed by atoms with Gasteiger partial charge in [0.2, 0.25) is 0 Å². The Morgan fingerprint density at radius 3 is 1.71 bits per heavy atom. The van der Waals surface area contributed by atoms with Crippen LogP contribution in [0.2, 0.25) is 0 Å². The molecule has 1 heterocycles. The van der Waals surface area contributed by atoms with Crippen molar-refractivity contribution in [1.29, 1.82) is 0 Å². The summed E-state index contributed by atoms with van der Waals surface area (Å²) in [6.07, 6.45) is 2.39. The summed E-state index contributed by atoms with van der Waals surface area (Å²) in [5, 5.41) is 7.78. The van der Waals surface area contributed by atoms with Crippen LogP contribution >= 0.6 is 0 Å². The molecular weight excluding hydrogens is 378 g/mol. The first-order valence-corrected chi connectivity index (χ1v) is 12.0. The number of benzene rings is 2. The minimum absolute atomic E-state index is 0.361. The highest BCUT2D eigenvalue weighted by Crippen LogP contribution is 2.33. The lowest BCUT2D eigenvalue weighted by molar-refractivity contribution is 0.327. The van der Waals surface area contributed by atoms with Crippen molar-refractivity contribution in [3.8, 4) is 11.1 Å². The first-order chi connectivity index (χ1) is 14.6. The second-order valence-electron chi connectivity index (χ2n) is 11.5. The molecule has 0 saturated carbocycles. The van der Waals surface area contributed by atoms with Gasteiger partial charge in [0, 0.05) is 36.4 Å². The standard InChI is InChI=1S/C28H43N3/c1-27(2,3)16-18-29-24-20-31(21-25(24)30-19-17-28(4,5)6)26-15-11-10-14-23(26)22-12-8-7-9-13-22/h7-15,24-25,29-30H,16-21H2,1-6H3/t24-,25-/m1/s1. The van der Waals surface area contributed by atoms with Crippen LogP contribution in [0.25, 0.3) is 11.1 Å². The molecule has 0 aliphatic carbocycles. The Bertz CT molecular complexity index is 773. The molecule has 2 aromatic carbocycles. The molecule has 1 aliphatic heterocycles. The third kappa shape index (κ3) is 7.36. The molecule has 1 fully saturated rings. The minimum atomic E-state index is 0.361. The van der Waals surface area contributed by atoms with Crippen LogP contribution in [0.4, 0.5) is 5.69 Å². The third-order valence-electron chi connectivity index (χ3n) is 6.21. The van der Waals surface area contributed by atoms with Gasteiger partial charge in [-0.05, 0) is 48.4 Å². The van der Waals surface area contributed by atoms with E-state index in [2.05, 4.69) is 112 Å². The maximum Gasteiger partial charge on any atom is 0.0447 e. The van der Waals surface area contributed by atoms with Crippen molar-refractivity contribution in [3.63, 3.8) is 0 Å². The Morgan fingerprint density at radius 2 is 1.19 bits per heavy atom. The normalized spacial score (nSPS) is 19.7.